The summed E-state index contributed by atoms with van der Waals surface area (Å²) in [4.78, 5) is 15.8. The Bertz CT molecular complexity index is 1130. The molecule has 0 aliphatic carbocycles. The van der Waals surface area contributed by atoms with Gasteiger partial charge in [-0.05, 0) is 75.0 Å². The topological polar surface area (TPSA) is 77.2 Å². The molecule has 3 aromatic rings. The summed E-state index contributed by atoms with van der Waals surface area (Å²) in [5.74, 6) is 1.76. The summed E-state index contributed by atoms with van der Waals surface area (Å²) in [5, 5.41) is 0. The third kappa shape index (κ3) is 4.46. The molecular formula is C26H31N5O. The Hall–Kier alpha value is -2.99. The van der Waals surface area contributed by atoms with Crippen molar-refractivity contribution in [2.45, 2.75) is 58.1 Å². The molecule has 2 aromatic heterocycles. The van der Waals surface area contributed by atoms with Crippen molar-refractivity contribution in [2.75, 3.05) is 18.8 Å². The number of benzene rings is 1. The first kappa shape index (κ1) is 20.9. The maximum atomic E-state index is 6.04. The van der Waals surface area contributed by atoms with Crippen molar-refractivity contribution in [3.8, 4) is 16.9 Å². The monoisotopic (exact) mass is 429 g/mol. The molecule has 6 nitrogen and oxygen atoms in total. The fourth-order valence-corrected chi connectivity index (χ4v) is 5.02. The molecule has 32 heavy (non-hydrogen) atoms. The number of aryl methyl sites for hydroxylation is 1. The summed E-state index contributed by atoms with van der Waals surface area (Å²) < 4.78 is 6.04. The second-order valence-corrected chi connectivity index (χ2v) is 9.81. The number of hydrogen-bond acceptors (Lipinski definition) is 6. The summed E-state index contributed by atoms with van der Waals surface area (Å²) in [7, 11) is 0. The zero-order chi connectivity index (χ0) is 22.3. The van der Waals surface area contributed by atoms with Crippen LogP contribution in [0, 0.1) is 6.92 Å². The van der Waals surface area contributed by atoms with E-state index in [0.29, 0.717) is 11.9 Å². The van der Waals surface area contributed by atoms with Gasteiger partial charge in [0.15, 0.2) is 0 Å². The maximum Gasteiger partial charge on any atom is 0.219 e. The Morgan fingerprint density at radius 2 is 1.94 bits per heavy atom. The van der Waals surface area contributed by atoms with E-state index >= 15 is 0 Å². The van der Waals surface area contributed by atoms with Crippen LogP contribution in [0.15, 0.2) is 42.7 Å². The highest BCUT2D eigenvalue weighted by Crippen LogP contribution is 2.36. The summed E-state index contributed by atoms with van der Waals surface area (Å²) in [6, 6.07) is 11.0. The first-order chi connectivity index (χ1) is 15.3. The zero-order valence-corrected chi connectivity index (χ0v) is 19.1. The third-order valence-corrected chi connectivity index (χ3v) is 6.44. The maximum absolute atomic E-state index is 6.04. The lowest BCUT2D eigenvalue weighted by Gasteiger charge is -2.33. The number of nitrogens with two attached hydrogens (primary N) is 1. The Balaban J connectivity index is 1.32. The SMILES string of the molecule is Cc1cc(-c2cnc(N)nc2)cc([C@H]2CCCN(Cc3ccc4c(c3)CC(C)(C)O4)C2)n1. The van der Waals surface area contributed by atoms with Crippen molar-refractivity contribution in [1.82, 2.24) is 19.9 Å². The second-order valence-electron chi connectivity index (χ2n) is 9.81. The van der Waals surface area contributed by atoms with Crippen LogP contribution in [0.2, 0.25) is 0 Å². The number of fused-ring (bicyclic) bond motifs is 1. The molecule has 0 bridgehead atoms. The molecule has 4 heterocycles. The molecule has 2 aliphatic heterocycles. The van der Waals surface area contributed by atoms with E-state index in [1.165, 1.54) is 17.5 Å². The molecule has 1 fully saturated rings. The van der Waals surface area contributed by atoms with Gasteiger partial charge in [-0.25, -0.2) is 9.97 Å². The number of aromatic nitrogens is 3. The largest absolute Gasteiger partial charge is 0.487 e. The third-order valence-electron chi connectivity index (χ3n) is 6.44. The molecule has 6 heteroatoms. The molecule has 1 aromatic carbocycles. The summed E-state index contributed by atoms with van der Waals surface area (Å²) in [6.45, 7) is 9.48. The number of hydrogen-bond donors (Lipinski definition) is 1. The molecule has 0 radical (unpaired) electrons. The van der Waals surface area contributed by atoms with Crippen molar-refractivity contribution in [3.05, 3.63) is 65.2 Å². The van der Waals surface area contributed by atoms with E-state index < -0.39 is 0 Å². The van der Waals surface area contributed by atoms with Gasteiger partial charge in [-0.3, -0.25) is 9.88 Å². The van der Waals surface area contributed by atoms with Gasteiger partial charge in [0, 0.05) is 54.8 Å². The van der Waals surface area contributed by atoms with Gasteiger partial charge >= 0.3 is 0 Å². The number of nitrogens with zero attached hydrogens (tertiary/aromatic N) is 4. The van der Waals surface area contributed by atoms with Gasteiger partial charge < -0.3 is 10.5 Å². The van der Waals surface area contributed by atoms with Crippen molar-refractivity contribution in [1.29, 1.82) is 0 Å². The average Bonchev–Trinajstić information content (AvgIpc) is 3.07. The lowest BCUT2D eigenvalue weighted by molar-refractivity contribution is 0.138. The Kier molecular flexibility index (Phi) is 5.33. The molecule has 1 atom stereocenters. The number of pyridine rings is 1. The molecular weight excluding hydrogens is 398 g/mol. The van der Waals surface area contributed by atoms with E-state index in [-0.39, 0.29) is 5.60 Å². The van der Waals surface area contributed by atoms with E-state index in [2.05, 4.69) is 66.0 Å². The van der Waals surface area contributed by atoms with Crippen LogP contribution >= 0.6 is 0 Å². The van der Waals surface area contributed by atoms with Crippen LogP contribution in [-0.4, -0.2) is 38.5 Å². The van der Waals surface area contributed by atoms with Gasteiger partial charge in [-0.1, -0.05) is 12.1 Å². The molecule has 5 rings (SSSR count). The smallest absolute Gasteiger partial charge is 0.219 e. The lowest BCUT2D eigenvalue weighted by atomic mass is 9.92. The first-order valence-corrected chi connectivity index (χ1v) is 11.4. The molecule has 1 saturated heterocycles. The van der Waals surface area contributed by atoms with Crippen LogP contribution in [0.5, 0.6) is 5.75 Å². The summed E-state index contributed by atoms with van der Waals surface area (Å²) in [6.07, 6.45) is 6.89. The lowest BCUT2D eigenvalue weighted by Crippen LogP contribution is -2.34. The van der Waals surface area contributed by atoms with Gasteiger partial charge in [0.2, 0.25) is 5.95 Å². The number of likely N-dealkylation sites (tertiary alicyclic amines) is 1. The summed E-state index contributed by atoms with van der Waals surface area (Å²) >= 11 is 0. The van der Waals surface area contributed by atoms with Crippen LogP contribution < -0.4 is 10.5 Å². The molecule has 0 unspecified atom stereocenters. The van der Waals surface area contributed by atoms with Crippen molar-refractivity contribution in [3.63, 3.8) is 0 Å². The van der Waals surface area contributed by atoms with Gasteiger partial charge in [-0.15, -0.1) is 0 Å². The molecule has 166 valence electrons. The van der Waals surface area contributed by atoms with Crippen molar-refractivity contribution >= 4 is 5.95 Å². The standard InChI is InChI=1S/C26H31N5O/c1-17-9-20(22-13-28-25(27)29-14-22)11-23(30-17)19-5-4-8-31(16-19)15-18-6-7-24-21(10-18)12-26(2,3)32-24/h6-7,9-11,13-14,19H,4-5,8,12,15-16H2,1-3H3,(H2,27,28,29)/t19-/m0/s1. The van der Waals surface area contributed by atoms with Gasteiger partial charge in [0.1, 0.15) is 11.4 Å². The predicted molar refractivity (Wildman–Crippen MR) is 127 cm³/mol. The minimum Gasteiger partial charge on any atom is -0.487 e. The van der Waals surface area contributed by atoms with Gasteiger partial charge in [0.05, 0.1) is 0 Å². The van der Waals surface area contributed by atoms with Gasteiger partial charge in [0.25, 0.3) is 0 Å². The number of ether oxygens (including phenoxy) is 1. The normalized spacial score (nSPS) is 20.0. The molecule has 0 amide bonds. The van der Waals surface area contributed by atoms with E-state index in [1.807, 2.05) is 0 Å². The van der Waals surface area contributed by atoms with Crippen molar-refractivity contribution < 1.29 is 4.74 Å². The quantitative estimate of drug-likeness (QED) is 0.657. The van der Waals surface area contributed by atoms with Crippen LogP contribution in [0.25, 0.3) is 11.1 Å². The van der Waals surface area contributed by atoms with Crippen LogP contribution in [-0.2, 0) is 13.0 Å². The molecule has 0 saturated carbocycles. The number of piperidine rings is 1. The highest BCUT2D eigenvalue weighted by molar-refractivity contribution is 5.63. The highest BCUT2D eigenvalue weighted by Gasteiger charge is 2.30. The molecule has 0 spiro atoms. The van der Waals surface area contributed by atoms with Gasteiger partial charge in [-0.2, -0.15) is 0 Å². The van der Waals surface area contributed by atoms with Crippen LogP contribution in [0.4, 0.5) is 5.95 Å². The fraction of sp³-hybridized carbons (Fsp3) is 0.423. The summed E-state index contributed by atoms with van der Waals surface area (Å²) in [5.41, 5.74) is 12.5. The van der Waals surface area contributed by atoms with E-state index in [9.17, 15) is 0 Å². The number of rotatable bonds is 4. The second kappa shape index (κ2) is 8.17. The van der Waals surface area contributed by atoms with Crippen LogP contribution in [0.1, 0.15) is 55.1 Å². The predicted octanol–water partition coefficient (Wildman–Crippen LogP) is 4.52. The zero-order valence-electron chi connectivity index (χ0n) is 19.1. The minimum absolute atomic E-state index is 0.0960. The van der Waals surface area contributed by atoms with E-state index in [0.717, 1.165) is 60.7 Å². The average molecular weight is 430 g/mol. The highest BCUT2D eigenvalue weighted by atomic mass is 16.5. The first-order valence-electron chi connectivity index (χ1n) is 11.4. The Morgan fingerprint density at radius 3 is 2.75 bits per heavy atom. The Morgan fingerprint density at radius 1 is 1.12 bits per heavy atom. The minimum atomic E-state index is -0.0960. The van der Waals surface area contributed by atoms with Crippen LogP contribution in [0.3, 0.4) is 0 Å². The van der Waals surface area contributed by atoms with Crippen molar-refractivity contribution in [2.24, 2.45) is 0 Å². The molecule has 2 aliphatic rings. The number of nitrogen functional groups attached to an aromatic ring is 1. The Labute approximate surface area is 189 Å². The number of anilines is 1. The fourth-order valence-electron chi connectivity index (χ4n) is 5.02. The van der Waals surface area contributed by atoms with E-state index in [4.69, 9.17) is 15.5 Å². The molecule has 2 N–H and O–H groups in total. The van der Waals surface area contributed by atoms with E-state index in [1.54, 1.807) is 12.4 Å².